The van der Waals surface area contributed by atoms with Crippen LogP contribution in [-0.2, 0) is 19.2 Å². The zero-order chi connectivity index (χ0) is 27.9. The molecule has 2 aromatic rings. The number of nitrogens with one attached hydrogen (secondary N) is 4. The SMILES string of the molecule is CC(C)C[C@H](NC(=O)c1cc2ccccc2o1)C(=O)NC(C[C@@H]1CCNC1=O)C(=O)C(=O)NC1CCCCC1. The van der Waals surface area contributed by atoms with E-state index in [1.807, 2.05) is 26.0 Å². The van der Waals surface area contributed by atoms with Gasteiger partial charge >= 0.3 is 0 Å². The number of fused-ring (bicyclic) bond motifs is 1. The van der Waals surface area contributed by atoms with Crippen LogP contribution in [0.1, 0.15) is 75.8 Å². The molecular weight excluding hydrogens is 500 g/mol. The molecule has 1 aromatic heterocycles. The number of benzene rings is 1. The van der Waals surface area contributed by atoms with E-state index in [1.54, 1.807) is 18.2 Å². The first-order valence-corrected chi connectivity index (χ1v) is 13.9. The number of Topliss-reactive ketones (excluding diaryl/α,β-unsaturated/α-hetero) is 1. The highest BCUT2D eigenvalue weighted by Gasteiger charge is 2.36. The van der Waals surface area contributed by atoms with Gasteiger partial charge in [-0.25, -0.2) is 0 Å². The number of hydrogen-bond donors (Lipinski definition) is 4. The van der Waals surface area contributed by atoms with Gasteiger partial charge in [0.15, 0.2) is 5.76 Å². The molecule has 1 saturated carbocycles. The Kier molecular flexibility index (Phi) is 9.37. The van der Waals surface area contributed by atoms with Crippen LogP contribution in [0.5, 0.6) is 0 Å². The smallest absolute Gasteiger partial charge is 0.289 e. The highest BCUT2D eigenvalue weighted by molar-refractivity contribution is 6.38. The Hall–Kier alpha value is -3.69. The number of amides is 4. The van der Waals surface area contributed by atoms with Crippen molar-refractivity contribution >= 4 is 40.4 Å². The highest BCUT2D eigenvalue weighted by Crippen LogP contribution is 2.21. The molecule has 210 valence electrons. The Morgan fingerprint density at radius 3 is 2.41 bits per heavy atom. The maximum atomic E-state index is 13.5. The Balaban J connectivity index is 1.48. The van der Waals surface area contributed by atoms with E-state index in [4.69, 9.17) is 4.42 Å². The van der Waals surface area contributed by atoms with Crippen molar-refractivity contribution in [2.45, 2.75) is 83.3 Å². The molecule has 4 amide bonds. The van der Waals surface area contributed by atoms with Gasteiger partial charge in [0.25, 0.3) is 11.8 Å². The van der Waals surface area contributed by atoms with Crippen LogP contribution in [0.15, 0.2) is 34.7 Å². The van der Waals surface area contributed by atoms with Crippen LogP contribution >= 0.6 is 0 Å². The quantitative estimate of drug-likeness (QED) is 0.324. The number of rotatable bonds is 11. The third-order valence-electron chi connectivity index (χ3n) is 7.46. The third kappa shape index (κ3) is 7.46. The fourth-order valence-electron chi connectivity index (χ4n) is 5.35. The van der Waals surface area contributed by atoms with Crippen molar-refractivity contribution in [2.75, 3.05) is 6.54 Å². The molecule has 4 rings (SSSR count). The molecule has 2 aliphatic rings. The van der Waals surface area contributed by atoms with Crippen LogP contribution < -0.4 is 21.3 Å². The van der Waals surface area contributed by atoms with Crippen molar-refractivity contribution in [1.29, 1.82) is 0 Å². The molecule has 1 aromatic carbocycles. The van der Waals surface area contributed by atoms with Crippen LogP contribution in [0.2, 0.25) is 0 Å². The molecule has 3 atom stereocenters. The molecule has 1 saturated heterocycles. The maximum absolute atomic E-state index is 13.5. The standard InChI is InChI=1S/C29H38N4O6/c1-17(2)14-22(33-28(37)24-16-18-8-6-7-11-23(18)39-24)27(36)32-21(15-19-12-13-30-26(19)35)25(34)29(38)31-20-9-4-3-5-10-20/h6-8,11,16-17,19-22H,3-5,9-10,12-15H2,1-2H3,(H,30,35)(H,31,38)(H,32,36)(H,33,37)/t19-,21?,22-/m0/s1. The topological polar surface area (TPSA) is 147 Å². The van der Waals surface area contributed by atoms with Gasteiger partial charge in [-0.1, -0.05) is 51.3 Å². The minimum absolute atomic E-state index is 0.0143. The van der Waals surface area contributed by atoms with Gasteiger partial charge in [-0.15, -0.1) is 0 Å². The number of hydrogen-bond acceptors (Lipinski definition) is 6. The largest absolute Gasteiger partial charge is 0.451 e. The molecule has 1 aliphatic heterocycles. The molecule has 10 nitrogen and oxygen atoms in total. The summed E-state index contributed by atoms with van der Waals surface area (Å²) >= 11 is 0. The minimum Gasteiger partial charge on any atom is -0.451 e. The fourth-order valence-corrected chi connectivity index (χ4v) is 5.35. The first-order chi connectivity index (χ1) is 18.7. The fraction of sp³-hybridized carbons (Fsp3) is 0.552. The van der Waals surface area contributed by atoms with E-state index < -0.39 is 41.5 Å². The molecule has 2 heterocycles. The van der Waals surface area contributed by atoms with E-state index in [9.17, 15) is 24.0 Å². The Morgan fingerprint density at radius 2 is 1.74 bits per heavy atom. The number of furan rings is 1. The second-order valence-electron chi connectivity index (χ2n) is 11.1. The van der Waals surface area contributed by atoms with E-state index in [2.05, 4.69) is 21.3 Å². The number of para-hydroxylation sites is 1. The molecule has 0 spiro atoms. The summed E-state index contributed by atoms with van der Waals surface area (Å²) in [7, 11) is 0. The summed E-state index contributed by atoms with van der Waals surface area (Å²) in [5, 5.41) is 11.7. The lowest BCUT2D eigenvalue weighted by atomic mass is 9.93. The second kappa shape index (κ2) is 12.9. The molecule has 10 heteroatoms. The predicted octanol–water partition coefficient (Wildman–Crippen LogP) is 2.61. The van der Waals surface area contributed by atoms with Gasteiger partial charge in [0.1, 0.15) is 11.6 Å². The van der Waals surface area contributed by atoms with Crippen LogP contribution in [0.3, 0.4) is 0 Å². The van der Waals surface area contributed by atoms with Crippen molar-refractivity contribution in [3.63, 3.8) is 0 Å². The van der Waals surface area contributed by atoms with E-state index >= 15 is 0 Å². The average Bonchev–Trinajstić information content (AvgIpc) is 3.53. The van der Waals surface area contributed by atoms with Crippen LogP contribution in [0.4, 0.5) is 0 Å². The highest BCUT2D eigenvalue weighted by atomic mass is 16.3. The van der Waals surface area contributed by atoms with Gasteiger partial charge in [0.2, 0.25) is 17.6 Å². The van der Waals surface area contributed by atoms with Gasteiger partial charge in [0, 0.05) is 23.9 Å². The van der Waals surface area contributed by atoms with Crippen molar-refractivity contribution < 1.29 is 28.4 Å². The predicted molar refractivity (Wildman–Crippen MR) is 145 cm³/mol. The van der Waals surface area contributed by atoms with Crippen molar-refractivity contribution in [1.82, 2.24) is 21.3 Å². The summed E-state index contributed by atoms with van der Waals surface area (Å²) < 4.78 is 5.64. The monoisotopic (exact) mass is 538 g/mol. The zero-order valence-corrected chi connectivity index (χ0v) is 22.6. The number of ketones is 1. The second-order valence-corrected chi connectivity index (χ2v) is 11.1. The summed E-state index contributed by atoms with van der Waals surface area (Å²) in [4.78, 5) is 64.9. The van der Waals surface area contributed by atoms with E-state index in [-0.39, 0.29) is 30.0 Å². The molecule has 4 N–H and O–H groups in total. The number of carbonyl (C=O) groups excluding carboxylic acids is 5. The van der Waals surface area contributed by atoms with Crippen molar-refractivity contribution in [2.24, 2.45) is 11.8 Å². The minimum atomic E-state index is -1.19. The van der Waals surface area contributed by atoms with Crippen LogP contribution in [0, 0.1) is 11.8 Å². The summed E-state index contributed by atoms with van der Waals surface area (Å²) in [5.74, 6) is -3.25. The van der Waals surface area contributed by atoms with Crippen molar-refractivity contribution in [3.8, 4) is 0 Å². The van der Waals surface area contributed by atoms with Gasteiger partial charge in [-0.2, -0.15) is 0 Å². The molecule has 0 bridgehead atoms. The van der Waals surface area contributed by atoms with E-state index in [0.29, 0.717) is 25.0 Å². The lowest BCUT2D eigenvalue weighted by molar-refractivity contribution is -0.141. The van der Waals surface area contributed by atoms with E-state index in [0.717, 1.165) is 37.5 Å². The Bertz CT molecular complexity index is 1180. The first kappa shape index (κ1) is 28.3. The normalized spacial score (nSPS) is 19.4. The van der Waals surface area contributed by atoms with Crippen LogP contribution in [-0.4, -0.2) is 54.1 Å². The molecule has 2 fully saturated rings. The summed E-state index contributed by atoms with van der Waals surface area (Å²) in [6.45, 7) is 4.31. The third-order valence-corrected chi connectivity index (χ3v) is 7.46. The molecule has 0 radical (unpaired) electrons. The van der Waals surface area contributed by atoms with Crippen molar-refractivity contribution in [3.05, 3.63) is 36.1 Å². The molecular formula is C29H38N4O6. The molecule has 1 aliphatic carbocycles. The molecule has 1 unspecified atom stereocenters. The summed E-state index contributed by atoms with van der Waals surface area (Å²) in [6, 6.07) is 6.58. The lowest BCUT2D eigenvalue weighted by Gasteiger charge is -2.26. The number of carbonyl (C=O) groups is 5. The van der Waals surface area contributed by atoms with Crippen LogP contribution in [0.25, 0.3) is 11.0 Å². The Labute approximate surface area is 228 Å². The van der Waals surface area contributed by atoms with Gasteiger partial charge in [-0.3, -0.25) is 24.0 Å². The summed E-state index contributed by atoms with van der Waals surface area (Å²) in [5.41, 5.74) is 0.553. The first-order valence-electron chi connectivity index (χ1n) is 13.9. The zero-order valence-electron chi connectivity index (χ0n) is 22.6. The Morgan fingerprint density at radius 1 is 1.00 bits per heavy atom. The van der Waals surface area contributed by atoms with Gasteiger partial charge in [-0.05, 0) is 50.2 Å². The van der Waals surface area contributed by atoms with Gasteiger partial charge in [0.05, 0.1) is 6.04 Å². The van der Waals surface area contributed by atoms with E-state index in [1.165, 1.54) is 0 Å². The lowest BCUT2D eigenvalue weighted by Crippen LogP contribution is -2.55. The molecule has 39 heavy (non-hydrogen) atoms. The summed E-state index contributed by atoms with van der Waals surface area (Å²) in [6.07, 6.45) is 5.54. The maximum Gasteiger partial charge on any atom is 0.289 e. The van der Waals surface area contributed by atoms with Gasteiger partial charge < -0.3 is 25.7 Å². The average molecular weight is 539 g/mol.